The number of carbonyl (C=O) groups is 2. The molecule has 0 unspecified atom stereocenters. The zero-order chi connectivity index (χ0) is 23.0. The number of carbonyl (C=O) groups excluding carboxylic acids is 2. The topological polar surface area (TPSA) is 61.4 Å². The number of hydrogen-bond donors (Lipinski definition) is 2. The third-order valence-electron chi connectivity index (χ3n) is 6.72. The Morgan fingerprint density at radius 3 is 2.42 bits per heavy atom. The van der Waals surface area contributed by atoms with Crippen molar-refractivity contribution in [2.24, 2.45) is 0 Å². The second-order valence-corrected chi connectivity index (χ2v) is 9.23. The van der Waals surface area contributed by atoms with Gasteiger partial charge in [0.25, 0.3) is 5.91 Å². The number of nitrogens with zero attached hydrogens (tertiary/aromatic N) is 1. The van der Waals surface area contributed by atoms with Crippen molar-refractivity contribution in [2.75, 3.05) is 19.6 Å². The molecule has 1 heterocycles. The van der Waals surface area contributed by atoms with E-state index in [9.17, 15) is 14.0 Å². The molecule has 2 aromatic carbocycles. The van der Waals surface area contributed by atoms with Gasteiger partial charge in [0.2, 0.25) is 5.91 Å². The van der Waals surface area contributed by atoms with E-state index in [1.165, 1.54) is 17.7 Å². The van der Waals surface area contributed by atoms with Crippen molar-refractivity contribution in [3.05, 3.63) is 71.5 Å². The summed E-state index contributed by atoms with van der Waals surface area (Å²) in [5.41, 5.74) is 1.76. The van der Waals surface area contributed by atoms with E-state index >= 15 is 0 Å². The first-order valence-corrected chi connectivity index (χ1v) is 12.3. The van der Waals surface area contributed by atoms with E-state index < -0.39 is 6.04 Å². The number of halogens is 1. The summed E-state index contributed by atoms with van der Waals surface area (Å²) in [5.74, 6) is 0.121. The lowest BCUT2D eigenvalue weighted by Crippen LogP contribution is -2.50. The van der Waals surface area contributed by atoms with Gasteiger partial charge in [0.15, 0.2) is 0 Å². The van der Waals surface area contributed by atoms with Gasteiger partial charge in [-0.3, -0.25) is 9.59 Å². The third-order valence-corrected chi connectivity index (χ3v) is 6.72. The zero-order valence-corrected chi connectivity index (χ0v) is 19.1. The van der Waals surface area contributed by atoms with Crippen LogP contribution in [0.1, 0.15) is 66.8 Å². The summed E-state index contributed by atoms with van der Waals surface area (Å²) < 4.78 is 13.1. The van der Waals surface area contributed by atoms with Crippen LogP contribution in [0.5, 0.6) is 0 Å². The minimum absolute atomic E-state index is 0.0468. The molecule has 0 aromatic heterocycles. The summed E-state index contributed by atoms with van der Waals surface area (Å²) in [5, 5.41) is 6.57. The highest BCUT2D eigenvalue weighted by Crippen LogP contribution is 2.40. The number of nitrogens with one attached hydrogen (secondary N) is 2. The van der Waals surface area contributed by atoms with Gasteiger partial charge in [0.1, 0.15) is 11.9 Å². The van der Waals surface area contributed by atoms with Gasteiger partial charge < -0.3 is 15.5 Å². The summed E-state index contributed by atoms with van der Waals surface area (Å²) in [4.78, 5) is 27.8. The number of rotatable bonds is 10. The number of likely N-dealkylation sites (tertiary alicyclic amines) is 1. The molecule has 1 aliphatic heterocycles. The number of amides is 2. The van der Waals surface area contributed by atoms with E-state index in [4.69, 9.17) is 0 Å². The van der Waals surface area contributed by atoms with Crippen LogP contribution in [0.4, 0.5) is 4.39 Å². The van der Waals surface area contributed by atoms with E-state index in [2.05, 4.69) is 10.6 Å². The lowest BCUT2D eigenvalue weighted by atomic mass is 10.0. The van der Waals surface area contributed by atoms with Crippen molar-refractivity contribution < 1.29 is 14.0 Å². The van der Waals surface area contributed by atoms with Crippen molar-refractivity contribution in [2.45, 2.75) is 62.9 Å². The van der Waals surface area contributed by atoms with Crippen LogP contribution in [-0.4, -0.2) is 48.4 Å². The van der Waals surface area contributed by atoms with Crippen molar-refractivity contribution in [3.63, 3.8) is 0 Å². The summed E-state index contributed by atoms with van der Waals surface area (Å²) in [6.07, 6.45) is 6.75. The zero-order valence-electron chi connectivity index (χ0n) is 19.1. The van der Waals surface area contributed by atoms with Gasteiger partial charge in [0.05, 0.1) is 0 Å². The second kappa shape index (κ2) is 11.4. The van der Waals surface area contributed by atoms with E-state index in [-0.39, 0.29) is 17.6 Å². The maximum Gasteiger partial charge on any atom is 0.251 e. The third kappa shape index (κ3) is 6.64. The van der Waals surface area contributed by atoms with Crippen LogP contribution in [0.25, 0.3) is 0 Å². The van der Waals surface area contributed by atoms with Gasteiger partial charge >= 0.3 is 0 Å². The lowest BCUT2D eigenvalue weighted by molar-refractivity contribution is -0.134. The first kappa shape index (κ1) is 23.4. The monoisotopic (exact) mass is 451 g/mol. The largest absolute Gasteiger partial charge is 0.341 e. The molecule has 176 valence electrons. The van der Waals surface area contributed by atoms with Crippen molar-refractivity contribution >= 4 is 11.8 Å². The van der Waals surface area contributed by atoms with Crippen molar-refractivity contribution in [1.29, 1.82) is 0 Å². The first-order valence-electron chi connectivity index (χ1n) is 12.3. The maximum absolute atomic E-state index is 13.1. The van der Waals surface area contributed by atoms with Crippen LogP contribution in [0, 0.1) is 5.82 Å². The molecule has 0 bridgehead atoms. The molecule has 6 heteroatoms. The van der Waals surface area contributed by atoms with E-state index in [0.717, 1.165) is 58.2 Å². The molecule has 2 aromatic rings. The molecule has 2 aliphatic rings. The fourth-order valence-electron chi connectivity index (χ4n) is 4.68. The van der Waals surface area contributed by atoms with Crippen LogP contribution in [-0.2, 0) is 4.79 Å². The average molecular weight is 452 g/mol. The molecule has 1 aliphatic carbocycles. The number of piperidine rings is 1. The number of hydrogen-bond acceptors (Lipinski definition) is 3. The standard InChI is InChI=1S/C27H34FN3O2/c28-22-14-12-20(13-15-22)23-19-25(23)29-16-6-5-11-24(27(33)31-17-7-2-8-18-31)30-26(32)21-9-3-1-4-10-21/h1,3-4,9-10,12-15,23-25,29H,2,5-8,11,16-19H2,(H,30,32)/t23-,24-,25+/m0/s1. The molecule has 1 saturated heterocycles. The fraction of sp³-hybridized carbons (Fsp3) is 0.481. The van der Waals surface area contributed by atoms with E-state index in [1.54, 1.807) is 12.1 Å². The minimum atomic E-state index is -0.483. The van der Waals surface area contributed by atoms with E-state index in [1.807, 2.05) is 35.2 Å². The molecule has 0 radical (unpaired) electrons. The maximum atomic E-state index is 13.1. The molecule has 2 fully saturated rings. The molecule has 1 saturated carbocycles. The molecule has 4 rings (SSSR count). The van der Waals surface area contributed by atoms with Gasteiger partial charge in [0, 0.05) is 30.6 Å². The Bertz CT molecular complexity index is 913. The molecule has 2 N–H and O–H groups in total. The normalized spacial score (nSPS) is 20.8. The molecular weight excluding hydrogens is 417 g/mol. The summed E-state index contributed by atoms with van der Waals surface area (Å²) in [6, 6.07) is 15.8. The second-order valence-electron chi connectivity index (χ2n) is 9.23. The van der Waals surface area contributed by atoms with Crippen LogP contribution in [0.2, 0.25) is 0 Å². The SMILES string of the molecule is O=C(N[C@@H](CCCCN[C@@H]1C[C@H]1c1ccc(F)cc1)C(=O)N1CCCCC1)c1ccccc1. The average Bonchev–Trinajstić information content (AvgIpc) is 3.63. The lowest BCUT2D eigenvalue weighted by Gasteiger charge is -2.31. The Morgan fingerprint density at radius 1 is 0.970 bits per heavy atom. The Balaban J connectivity index is 1.24. The highest BCUT2D eigenvalue weighted by Gasteiger charge is 2.37. The molecule has 2 amide bonds. The Morgan fingerprint density at radius 2 is 1.70 bits per heavy atom. The van der Waals surface area contributed by atoms with Gasteiger partial charge in [-0.15, -0.1) is 0 Å². The molecular formula is C27H34FN3O2. The summed E-state index contributed by atoms with van der Waals surface area (Å²) in [7, 11) is 0. The van der Waals surface area contributed by atoms with Gasteiger partial charge in [-0.1, -0.05) is 30.3 Å². The fourth-order valence-corrected chi connectivity index (χ4v) is 4.68. The summed E-state index contributed by atoms with van der Waals surface area (Å²) in [6.45, 7) is 2.44. The van der Waals surface area contributed by atoms with Gasteiger partial charge in [-0.05, 0) is 81.3 Å². The Labute approximate surface area is 195 Å². The first-order chi connectivity index (χ1) is 16.1. The number of benzene rings is 2. The quantitative estimate of drug-likeness (QED) is 0.531. The predicted molar refractivity (Wildman–Crippen MR) is 128 cm³/mol. The van der Waals surface area contributed by atoms with Gasteiger partial charge in [-0.2, -0.15) is 0 Å². The van der Waals surface area contributed by atoms with Crippen molar-refractivity contribution in [3.8, 4) is 0 Å². The Hall–Kier alpha value is -2.73. The van der Waals surface area contributed by atoms with Crippen LogP contribution >= 0.6 is 0 Å². The summed E-state index contributed by atoms with van der Waals surface area (Å²) >= 11 is 0. The number of unbranched alkanes of at least 4 members (excludes halogenated alkanes) is 1. The smallest absolute Gasteiger partial charge is 0.251 e. The minimum Gasteiger partial charge on any atom is -0.341 e. The highest BCUT2D eigenvalue weighted by molar-refractivity contribution is 5.97. The molecule has 0 spiro atoms. The highest BCUT2D eigenvalue weighted by atomic mass is 19.1. The predicted octanol–water partition coefficient (Wildman–Crippen LogP) is 4.25. The van der Waals surface area contributed by atoms with E-state index in [0.29, 0.717) is 23.9 Å². The van der Waals surface area contributed by atoms with Crippen LogP contribution in [0.3, 0.4) is 0 Å². The Kier molecular flexibility index (Phi) is 8.10. The van der Waals surface area contributed by atoms with Crippen LogP contribution < -0.4 is 10.6 Å². The van der Waals surface area contributed by atoms with Crippen LogP contribution in [0.15, 0.2) is 54.6 Å². The molecule has 5 nitrogen and oxygen atoms in total. The van der Waals surface area contributed by atoms with Crippen molar-refractivity contribution in [1.82, 2.24) is 15.5 Å². The van der Waals surface area contributed by atoms with Gasteiger partial charge in [-0.25, -0.2) is 4.39 Å². The molecule has 3 atom stereocenters. The molecule has 33 heavy (non-hydrogen) atoms.